The van der Waals surface area contributed by atoms with Gasteiger partial charge >= 0.3 is 0 Å². The van der Waals surface area contributed by atoms with Crippen molar-refractivity contribution in [3.63, 3.8) is 0 Å². The molecule has 1 aromatic rings. The average molecular weight is 186 g/mol. The Morgan fingerprint density at radius 1 is 1.75 bits per heavy atom. The molecule has 0 fully saturated rings. The third-order valence-corrected chi connectivity index (χ3v) is 1.91. The molecule has 0 bridgehead atoms. The fourth-order valence-electron chi connectivity index (χ4n) is 0.658. The second-order valence-electron chi connectivity index (χ2n) is 2.18. The van der Waals surface area contributed by atoms with Crippen LogP contribution in [-0.2, 0) is 0 Å². The Morgan fingerprint density at radius 3 is 3.17 bits per heavy atom. The van der Waals surface area contributed by atoms with E-state index < -0.39 is 0 Å². The molecule has 3 N–H and O–H groups in total. The molecule has 0 aliphatic carbocycles. The molecule has 0 saturated carbocycles. The number of nitrogens with one attached hydrogen (secondary N) is 1. The lowest BCUT2D eigenvalue weighted by molar-refractivity contribution is 0.0957. The van der Waals surface area contributed by atoms with E-state index in [1.807, 2.05) is 0 Å². The highest BCUT2D eigenvalue weighted by molar-refractivity contribution is 7.07. The minimum Gasteiger partial charge on any atom is -0.351 e. The van der Waals surface area contributed by atoms with Crippen LogP contribution in [0.25, 0.3) is 0 Å². The summed E-state index contributed by atoms with van der Waals surface area (Å²) in [6, 6.07) is 0. The lowest BCUT2D eigenvalue weighted by Gasteiger charge is -1.99. The summed E-state index contributed by atoms with van der Waals surface area (Å²) in [5.41, 5.74) is 5.26. The van der Waals surface area contributed by atoms with Crippen LogP contribution in [0, 0.1) is 0 Å². The maximum absolute atomic E-state index is 11.2. The number of carbonyl (C=O) groups is 1. The van der Waals surface area contributed by atoms with Crippen LogP contribution < -0.4 is 11.1 Å². The van der Waals surface area contributed by atoms with E-state index in [4.69, 9.17) is 5.73 Å². The highest BCUT2D eigenvalue weighted by atomic mass is 32.1. The minimum absolute atomic E-state index is 0.126. The summed E-state index contributed by atoms with van der Waals surface area (Å²) in [6.07, 6.45) is 2.24. The number of nitrogens with zero attached hydrogens (tertiary/aromatic N) is 2. The summed E-state index contributed by atoms with van der Waals surface area (Å²) in [6.45, 7) is 1.19. The van der Waals surface area contributed by atoms with Gasteiger partial charge < -0.3 is 11.1 Å². The molecule has 0 atom stereocenters. The molecular formula is C6H10N4OS. The van der Waals surface area contributed by atoms with E-state index in [-0.39, 0.29) is 5.91 Å². The van der Waals surface area contributed by atoms with Crippen LogP contribution in [0.2, 0.25) is 0 Å². The maximum Gasteiger partial charge on any atom is 0.264 e. The van der Waals surface area contributed by atoms with E-state index in [1.54, 1.807) is 0 Å². The van der Waals surface area contributed by atoms with Crippen molar-refractivity contribution in [3.8, 4) is 0 Å². The lowest BCUT2D eigenvalue weighted by atomic mass is 10.4. The van der Waals surface area contributed by atoms with Crippen molar-refractivity contribution in [3.05, 3.63) is 11.1 Å². The number of nitrogens with two attached hydrogens (primary N) is 1. The van der Waals surface area contributed by atoms with Gasteiger partial charge in [0, 0.05) is 6.54 Å². The molecule has 0 aliphatic rings. The summed E-state index contributed by atoms with van der Waals surface area (Å²) in [7, 11) is 0. The van der Waals surface area contributed by atoms with Gasteiger partial charge in [0.2, 0.25) is 0 Å². The van der Waals surface area contributed by atoms with Crippen LogP contribution in [0.4, 0.5) is 0 Å². The first kappa shape index (κ1) is 9.08. The molecule has 1 aromatic heterocycles. The van der Waals surface area contributed by atoms with Gasteiger partial charge in [0.1, 0.15) is 4.88 Å². The minimum atomic E-state index is -0.126. The van der Waals surface area contributed by atoms with E-state index in [1.165, 1.54) is 6.20 Å². The normalized spacial score (nSPS) is 9.75. The molecule has 1 heterocycles. The third-order valence-electron chi connectivity index (χ3n) is 1.25. The Hall–Kier alpha value is -1.01. The summed E-state index contributed by atoms with van der Waals surface area (Å²) in [5.74, 6) is -0.126. The molecule has 6 heteroatoms. The van der Waals surface area contributed by atoms with Crippen LogP contribution in [0.15, 0.2) is 6.20 Å². The van der Waals surface area contributed by atoms with Crippen molar-refractivity contribution in [2.45, 2.75) is 6.42 Å². The first-order chi connectivity index (χ1) is 5.84. The van der Waals surface area contributed by atoms with Crippen LogP contribution in [-0.4, -0.2) is 28.6 Å². The second-order valence-corrected chi connectivity index (χ2v) is 2.97. The fraction of sp³-hybridized carbons (Fsp3) is 0.500. The van der Waals surface area contributed by atoms with Crippen molar-refractivity contribution in [2.24, 2.45) is 5.73 Å². The van der Waals surface area contributed by atoms with Crippen molar-refractivity contribution in [1.82, 2.24) is 14.9 Å². The van der Waals surface area contributed by atoms with Gasteiger partial charge in [-0.25, -0.2) is 0 Å². The average Bonchev–Trinajstić information content (AvgIpc) is 2.56. The van der Waals surface area contributed by atoms with Crippen molar-refractivity contribution < 1.29 is 4.79 Å². The van der Waals surface area contributed by atoms with Crippen LogP contribution in [0.5, 0.6) is 0 Å². The standard InChI is InChI=1S/C6H10N4OS/c7-2-1-3-8-6(11)5-4-9-10-12-5/h4H,1-3,7H2,(H,8,11). The molecule has 0 aromatic carbocycles. The van der Waals surface area contributed by atoms with E-state index in [0.29, 0.717) is 18.0 Å². The van der Waals surface area contributed by atoms with Crippen molar-refractivity contribution >= 4 is 17.4 Å². The number of aromatic nitrogens is 2. The number of rotatable bonds is 4. The Morgan fingerprint density at radius 2 is 2.58 bits per heavy atom. The molecule has 0 aliphatic heterocycles. The van der Waals surface area contributed by atoms with E-state index in [0.717, 1.165) is 18.0 Å². The van der Waals surface area contributed by atoms with E-state index >= 15 is 0 Å². The SMILES string of the molecule is NCCCNC(=O)c1cnns1. The van der Waals surface area contributed by atoms with Crippen LogP contribution >= 0.6 is 11.5 Å². The predicted molar refractivity (Wildman–Crippen MR) is 45.9 cm³/mol. The number of carbonyl (C=O) groups excluding carboxylic acids is 1. The summed E-state index contributed by atoms with van der Waals surface area (Å²) in [4.78, 5) is 11.7. The Balaban J connectivity index is 2.30. The quantitative estimate of drug-likeness (QED) is 0.628. The molecule has 66 valence electrons. The predicted octanol–water partition coefficient (Wildman–Crippen LogP) is -0.383. The van der Waals surface area contributed by atoms with Crippen LogP contribution in [0.1, 0.15) is 16.1 Å². The fourth-order valence-corrected chi connectivity index (χ4v) is 1.09. The number of hydrogen-bond acceptors (Lipinski definition) is 5. The van der Waals surface area contributed by atoms with Gasteiger partial charge in [-0.2, -0.15) is 0 Å². The van der Waals surface area contributed by atoms with Crippen molar-refractivity contribution in [2.75, 3.05) is 13.1 Å². The second kappa shape index (κ2) is 4.78. The molecule has 0 saturated heterocycles. The molecule has 0 unspecified atom stereocenters. The zero-order valence-corrected chi connectivity index (χ0v) is 7.30. The van der Waals surface area contributed by atoms with E-state index in [2.05, 4.69) is 14.9 Å². The van der Waals surface area contributed by atoms with Gasteiger partial charge in [0.05, 0.1) is 6.20 Å². The van der Waals surface area contributed by atoms with Gasteiger partial charge in [-0.15, -0.1) is 5.10 Å². The molecule has 1 rings (SSSR count). The Bertz CT molecular complexity index is 236. The van der Waals surface area contributed by atoms with E-state index in [9.17, 15) is 4.79 Å². The van der Waals surface area contributed by atoms with Crippen molar-refractivity contribution in [1.29, 1.82) is 0 Å². The van der Waals surface area contributed by atoms with Gasteiger partial charge in [0.15, 0.2) is 0 Å². The molecule has 0 radical (unpaired) electrons. The highest BCUT2D eigenvalue weighted by Crippen LogP contribution is 2.00. The zero-order chi connectivity index (χ0) is 8.81. The van der Waals surface area contributed by atoms with Gasteiger partial charge in [-0.3, -0.25) is 4.79 Å². The molecule has 5 nitrogen and oxygen atoms in total. The van der Waals surface area contributed by atoms with Gasteiger partial charge in [-0.1, -0.05) is 4.49 Å². The number of amides is 1. The van der Waals surface area contributed by atoms with Gasteiger partial charge in [0.25, 0.3) is 5.91 Å². The zero-order valence-electron chi connectivity index (χ0n) is 6.49. The topological polar surface area (TPSA) is 80.9 Å². The summed E-state index contributed by atoms with van der Waals surface area (Å²) in [5, 5.41) is 6.25. The summed E-state index contributed by atoms with van der Waals surface area (Å²) < 4.78 is 3.58. The molecule has 0 spiro atoms. The monoisotopic (exact) mass is 186 g/mol. The molecular weight excluding hydrogens is 176 g/mol. The maximum atomic E-state index is 11.2. The van der Waals surface area contributed by atoms with Gasteiger partial charge in [-0.05, 0) is 24.5 Å². The first-order valence-electron chi connectivity index (χ1n) is 3.60. The third kappa shape index (κ3) is 2.55. The molecule has 1 amide bonds. The highest BCUT2D eigenvalue weighted by Gasteiger charge is 2.05. The Labute approximate surface area is 74.1 Å². The van der Waals surface area contributed by atoms with Crippen LogP contribution in [0.3, 0.4) is 0 Å². The number of hydrogen-bond donors (Lipinski definition) is 2. The molecule has 12 heavy (non-hydrogen) atoms. The smallest absolute Gasteiger partial charge is 0.264 e. The largest absolute Gasteiger partial charge is 0.351 e. The summed E-state index contributed by atoms with van der Waals surface area (Å²) >= 11 is 1.08. The lowest BCUT2D eigenvalue weighted by Crippen LogP contribution is -2.25. The Kier molecular flexibility index (Phi) is 3.62. The first-order valence-corrected chi connectivity index (χ1v) is 4.37.